The Morgan fingerprint density at radius 2 is 0.973 bits per heavy atom. The predicted octanol–water partition coefficient (Wildman–Crippen LogP) is 8.81. The van der Waals surface area contributed by atoms with E-state index in [1.165, 1.54) is 73.6 Å². The summed E-state index contributed by atoms with van der Waals surface area (Å²) in [7, 11) is 0. The van der Waals surface area contributed by atoms with Crippen LogP contribution in [0.15, 0.2) is 73.3 Å². The smallest absolute Gasteiger partial charge is 0.159 e. The van der Waals surface area contributed by atoms with Gasteiger partial charge >= 0.3 is 0 Å². The maximum absolute atomic E-state index is 4.57. The van der Waals surface area contributed by atoms with Crippen molar-refractivity contribution in [3.05, 3.63) is 84.4 Å². The first kappa shape index (κ1) is 25.3. The summed E-state index contributed by atoms with van der Waals surface area (Å²) in [5.74, 6) is 1.59. The number of benzene rings is 2. The van der Waals surface area contributed by atoms with Crippen LogP contribution in [0.2, 0.25) is 0 Å². The van der Waals surface area contributed by atoms with E-state index in [0.717, 1.165) is 35.6 Å². The Kier molecular flexibility index (Phi) is 8.03. The molecule has 0 N–H and O–H groups in total. The van der Waals surface area contributed by atoms with Crippen LogP contribution in [0.5, 0.6) is 0 Å². The summed E-state index contributed by atoms with van der Waals surface area (Å²) >= 11 is 0. The second kappa shape index (κ2) is 11.8. The Hall–Kier alpha value is -3.40. The van der Waals surface area contributed by atoms with Crippen LogP contribution >= 0.6 is 0 Å². The summed E-state index contributed by atoms with van der Waals surface area (Å²) in [6, 6.07) is 17.5. The van der Waals surface area contributed by atoms with Gasteiger partial charge in [0.25, 0.3) is 0 Å². The van der Waals surface area contributed by atoms with Crippen LogP contribution < -0.4 is 0 Å². The zero-order valence-electron chi connectivity index (χ0n) is 22.3. The van der Waals surface area contributed by atoms with Crippen LogP contribution in [0.3, 0.4) is 0 Å². The summed E-state index contributed by atoms with van der Waals surface area (Å²) in [6.07, 6.45) is 19.8. The summed E-state index contributed by atoms with van der Waals surface area (Å²) in [4.78, 5) is 18.3. The van der Waals surface area contributed by atoms with E-state index in [-0.39, 0.29) is 5.41 Å². The number of hydrogen-bond acceptors (Lipinski definition) is 4. The average molecular weight is 491 g/mol. The summed E-state index contributed by atoms with van der Waals surface area (Å²) < 4.78 is 0. The number of rotatable bonds is 12. The number of nitrogens with zero attached hydrogens (tertiary/aromatic N) is 4. The summed E-state index contributed by atoms with van der Waals surface area (Å²) in [6.45, 7) is 4.58. The van der Waals surface area contributed by atoms with Gasteiger partial charge in [-0.2, -0.15) is 0 Å². The van der Waals surface area contributed by atoms with Crippen molar-refractivity contribution >= 4 is 0 Å². The Labute approximate surface area is 221 Å². The Bertz CT molecular complexity index is 1200. The van der Waals surface area contributed by atoms with Crippen LogP contribution in [0.1, 0.15) is 89.2 Å². The third kappa shape index (κ3) is 5.20. The fourth-order valence-electron chi connectivity index (χ4n) is 6.04. The Morgan fingerprint density at radius 3 is 1.38 bits per heavy atom. The minimum atomic E-state index is -0.0122. The first-order valence-corrected chi connectivity index (χ1v) is 14.1. The van der Waals surface area contributed by atoms with Crippen LogP contribution in [0.4, 0.5) is 0 Å². The monoisotopic (exact) mass is 490 g/mol. The lowest BCUT2D eigenvalue weighted by Gasteiger charge is -2.33. The number of fused-ring (bicyclic) bond motifs is 3. The quantitative estimate of drug-likeness (QED) is 0.186. The van der Waals surface area contributed by atoms with E-state index in [1.54, 1.807) is 0 Å². The molecule has 2 aromatic carbocycles. The molecule has 4 heteroatoms. The van der Waals surface area contributed by atoms with Gasteiger partial charge < -0.3 is 0 Å². The van der Waals surface area contributed by atoms with E-state index in [4.69, 9.17) is 0 Å². The lowest BCUT2D eigenvalue weighted by Crippen LogP contribution is -2.25. The first-order valence-electron chi connectivity index (χ1n) is 14.1. The molecule has 0 atom stereocenters. The van der Waals surface area contributed by atoms with Gasteiger partial charge in [0.05, 0.1) is 0 Å². The second-order valence-corrected chi connectivity index (χ2v) is 10.4. The molecule has 0 unspecified atom stereocenters. The van der Waals surface area contributed by atoms with Gasteiger partial charge in [-0.1, -0.05) is 89.5 Å². The molecule has 190 valence electrons. The van der Waals surface area contributed by atoms with E-state index < -0.39 is 0 Å². The largest absolute Gasteiger partial charge is 0.237 e. The second-order valence-electron chi connectivity index (χ2n) is 10.4. The van der Waals surface area contributed by atoms with Crippen LogP contribution in [-0.4, -0.2) is 19.9 Å². The van der Waals surface area contributed by atoms with Gasteiger partial charge in [0.1, 0.15) is 0 Å². The molecule has 0 spiro atoms. The maximum Gasteiger partial charge on any atom is 0.159 e. The molecule has 0 saturated heterocycles. The Balaban J connectivity index is 1.64. The highest BCUT2D eigenvalue weighted by Gasteiger charge is 2.42. The molecule has 0 amide bonds. The highest BCUT2D eigenvalue weighted by Crippen LogP contribution is 2.55. The summed E-state index contributed by atoms with van der Waals surface area (Å²) in [5, 5.41) is 0. The van der Waals surface area contributed by atoms with Crippen LogP contribution in [0, 0.1) is 0 Å². The lowest BCUT2D eigenvalue weighted by atomic mass is 9.70. The van der Waals surface area contributed by atoms with Gasteiger partial charge in [-0.05, 0) is 59.4 Å². The normalized spacial score (nSPS) is 13.4. The van der Waals surface area contributed by atoms with Crippen molar-refractivity contribution < 1.29 is 0 Å². The van der Waals surface area contributed by atoms with Gasteiger partial charge in [-0.3, -0.25) is 0 Å². The SMILES string of the molecule is CCCCCCC1(CCCCCC)c2cc(-c3ncccn3)ccc2-c2ccc(-c3ncccn3)cc21. The molecule has 0 radical (unpaired) electrons. The van der Waals surface area contributed by atoms with E-state index in [0.29, 0.717) is 0 Å². The van der Waals surface area contributed by atoms with E-state index in [2.05, 4.69) is 70.2 Å². The molecule has 0 fully saturated rings. The molecular formula is C33H38N4. The fraction of sp³-hybridized carbons (Fsp3) is 0.394. The summed E-state index contributed by atoms with van der Waals surface area (Å²) in [5.41, 5.74) is 7.82. The molecule has 5 rings (SSSR count). The molecule has 0 aliphatic heterocycles. The topological polar surface area (TPSA) is 51.6 Å². The van der Waals surface area contributed by atoms with E-state index >= 15 is 0 Å². The van der Waals surface area contributed by atoms with Crippen molar-refractivity contribution in [2.45, 2.75) is 83.5 Å². The molecule has 1 aliphatic carbocycles. The molecule has 4 aromatic rings. The lowest BCUT2D eigenvalue weighted by molar-refractivity contribution is 0.401. The van der Waals surface area contributed by atoms with Gasteiger partial charge in [0.15, 0.2) is 11.6 Å². The maximum atomic E-state index is 4.57. The van der Waals surface area contributed by atoms with Gasteiger partial charge in [0.2, 0.25) is 0 Å². The zero-order valence-corrected chi connectivity index (χ0v) is 22.3. The average Bonchev–Trinajstić information content (AvgIpc) is 3.23. The molecule has 0 saturated carbocycles. The van der Waals surface area contributed by atoms with Crippen molar-refractivity contribution in [3.8, 4) is 33.9 Å². The van der Waals surface area contributed by atoms with Crippen LogP contribution in [-0.2, 0) is 5.41 Å². The van der Waals surface area contributed by atoms with Crippen molar-refractivity contribution in [2.24, 2.45) is 0 Å². The third-order valence-electron chi connectivity index (χ3n) is 7.92. The molecule has 4 nitrogen and oxygen atoms in total. The van der Waals surface area contributed by atoms with Gasteiger partial charge in [0, 0.05) is 41.3 Å². The van der Waals surface area contributed by atoms with Gasteiger partial charge in [-0.15, -0.1) is 0 Å². The van der Waals surface area contributed by atoms with E-state index in [9.17, 15) is 0 Å². The molecule has 2 heterocycles. The minimum Gasteiger partial charge on any atom is -0.237 e. The fourth-order valence-corrected chi connectivity index (χ4v) is 6.04. The first-order chi connectivity index (χ1) is 18.3. The number of unbranched alkanes of at least 4 members (excludes halogenated alkanes) is 6. The zero-order chi connectivity index (χ0) is 25.5. The standard InChI is InChI=1S/C33H38N4/c1-3-5-7-9-17-33(18-10-8-6-4-2)29-23-25(31-34-19-11-20-35-31)13-15-27(29)28-16-14-26(24-30(28)33)32-36-21-12-22-37-32/h11-16,19-24H,3-10,17-18H2,1-2H3. The Morgan fingerprint density at radius 1 is 0.541 bits per heavy atom. The molecular weight excluding hydrogens is 452 g/mol. The van der Waals surface area contributed by atoms with Crippen LogP contribution in [0.25, 0.3) is 33.9 Å². The van der Waals surface area contributed by atoms with Gasteiger partial charge in [-0.25, -0.2) is 19.9 Å². The van der Waals surface area contributed by atoms with Crippen molar-refractivity contribution in [1.82, 2.24) is 19.9 Å². The highest BCUT2D eigenvalue weighted by molar-refractivity contribution is 5.85. The number of aromatic nitrogens is 4. The molecule has 2 aromatic heterocycles. The molecule has 1 aliphatic rings. The molecule has 37 heavy (non-hydrogen) atoms. The van der Waals surface area contributed by atoms with E-state index in [1.807, 2.05) is 36.9 Å². The van der Waals surface area contributed by atoms with Crippen molar-refractivity contribution in [1.29, 1.82) is 0 Å². The third-order valence-corrected chi connectivity index (χ3v) is 7.92. The van der Waals surface area contributed by atoms with Crippen molar-refractivity contribution in [2.75, 3.05) is 0 Å². The highest BCUT2D eigenvalue weighted by atomic mass is 14.9. The molecule has 0 bridgehead atoms. The number of hydrogen-bond donors (Lipinski definition) is 0. The predicted molar refractivity (Wildman–Crippen MR) is 152 cm³/mol. The van der Waals surface area contributed by atoms with Crippen molar-refractivity contribution in [3.63, 3.8) is 0 Å². The minimum absolute atomic E-state index is 0.0122.